The lowest BCUT2D eigenvalue weighted by Crippen LogP contribution is -2.25. The summed E-state index contributed by atoms with van der Waals surface area (Å²) in [5.74, 6) is 0.129. The number of carbonyl (C=O) groups is 1. The number of hydrogen-bond acceptors (Lipinski definition) is 3. The highest BCUT2D eigenvalue weighted by molar-refractivity contribution is 5.91. The summed E-state index contributed by atoms with van der Waals surface area (Å²) in [6.45, 7) is 4.19. The largest absolute Gasteiger partial charge is 0.326 e. The first-order valence-electron chi connectivity index (χ1n) is 6.66. The molecule has 2 aromatic rings. The third-order valence-corrected chi connectivity index (χ3v) is 3.03. The lowest BCUT2D eigenvalue weighted by Gasteiger charge is -2.08. The first-order valence-corrected chi connectivity index (χ1v) is 6.66. The number of hydrogen-bond donors (Lipinski definition) is 3. The Morgan fingerprint density at radius 2 is 1.81 bits per heavy atom. The Morgan fingerprint density at radius 3 is 2.38 bits per heavy atom. The van der Waals surface area contributed by atoms with Gasteiger partial charge in [-0.1, -0.05) is 26.0 Å². The van der Waals surface area contributed by atoms with Crippen LogP contribution in [0.25, 0.3) is 0 Å². The van der Waals surface area contributed by atoms with Gasteiger partial charge >= 0.3 is 5.69 Å². The third kappa shape index (κ3) is 4.17. The van der Waals surface area contributed by atoms with Gasteiger partial charge in [0, 0.05) is 17.4 Å². The number of carbonyl (C=O) groups excluding carboxylic acids is 1. The first-order chi connectivity index (χ1) is 9.94. The van der Waals surface area contributed by atoms with E-state index in [-0.39, 0.29) is 18.0 Å². The van der Waals surface area contributed by atoms with Crippen molar-refractivity contribution in [3.63, 3.8) is 0 Å². The summed E-state index contributed by atoms with van der Waals surface area (Å²) in [6.07, 6.45) is -0.0644. The van der Waals surface area contributed by atoms with Crippen LogP contribution >= 0.6 is 0 Å². The molecular formula is C15H17N3O3. The first kappa shape index (κ1) is 14.8. The summed E-state index contributed by atoms with van der Waals surface area (Å²) in [5, 5.41) is 2.72. The number of anilines is 1. The van der Waals surface area contributed by atoms with Gasteiger partial charge in [-0.25, -0.2) is 4.79 Å². The molecule has 1 aromatic carbocycles. The third-order valence-electron chi connectivity index (χ3n) is 3.03. The van der Waals surface area contributed by atoms with Gasteiger partial charge in [0.15, 0.2) is 0 Å². The molecule has 0 bridgehead atoms. The summed E-state index contributed by atoms with van der Waals surface area (Å²) in [5.41, 5.74) is 0.998. The van der Waals surface area contributed by atoms with Crippen LogP contribution < -0.4 is 16.6 Å². The van der Waals surface area contributed by atoms with Crippen LogP contribution in [0.3, 0.4) is 0 Å². The SMILES string of the molecule is CC(C)c1ccc(NC(=O)Cc2cc(=O)[nH]c(=O)[nH]2)cc1. The van der Waals surface area contributed by atoms with Crippen molar-refractivity contribution in [3.05, 3.63) is 62.4 Å². The van der Waals surface area contributed by atoms with E-state index in [1.165, 1.54) is 11.6 Å². The van der Waals surface area contributed by atoms with E-state index in [4.69, 9.17) is 0 Å². The topological polar surface area (TPSA) is 94.8 Å². The van der Waals surface area contributed by atoms with Crippen LogP contribution in [0.2, 0.25) is 0 Å². The Bertz CT molecular complexity index is 713. The van der Waals surface area contributed by atoms with E-state index in [0.29, 0.717) is 11.6 Å². The van der Waals surface area contributed by atoms with Crippen LogP contribution in [0.15, 0.2) is 39.9 Å². The van der Waals surface area contributed by atoms with Crippen molar-refractivity contribution in [1.29, 1.82) is 0 Å². The van der Waals surface area contributed by atoms with Gasteiger partial charge in [0.2, 0.25) is 5.91 Å². The van der Waals surface area contributed by atoms with Crippen LogP contribution in [0, 0.1) is 0 Å². The molecule has 0 atom stereocenters. The standard InChI is InChI=1S/C15H17N3O3/c1-9(2)10-3-5-11(6-4-10)16-13(19)7-12-8-14(20)18-15(21)17-12/h3-6,8-9H,7H2,1-2H3,(H,16,19)(H2,17,18,20,21). The smallest absolute Gasteiger partial charge is 0.325 e. The molecule has 6 nitrogen and oxygen atoms in total. The van der Waals surface area contributed by atoms with Crippen LogP contribution in [0.1, 0.15) is 31.0 Å². The predicted octanol–water partition coefficient (Wildman–Crippen LogP) is 1.37. The van der Waals surface area contributed by atoms with Gasteiger partial charge in [0.25, 0.3) is 5.56 Å². The number of aromatic nitrogens is 2. The van der Waals surface area contributed by atoms with Gasteiger partial charge in [-0.05, 0) is 23.6 Å². The van der Waals surface area contributed by atoms with E-state index in [1.54, 1.807) is 0 Å². The summed E-state index contributed by atoms with van der Waals surface area (Å²) in [6, 6.07) is 8.76. The van der Waals surface area contributed by atoms with Crippen LogP contribution in [-0.2, 0) is 11.2 Å². The van der Waals surface area contributed by atoms with Crippen molar-refractivity contribution >= 4 is 11.6 Å². The number of amides is 1. The van der Waals surface area contributed by atoms with E-state index >= 15 is 0 Å². The Hall–Kier alpha value is -2.63. The molecule has 2 rings (SSSR count). The van der Waals surface area contributed by atoms with Crippen molar-refractivity contribution in [3.8, 4) is 0 Å². The van der Waals surface area contributed by atoms with Crippen LogP contribution in [-0.4, -0.2) is 15.9 Å². The molecule has 0 unspecified atom stereocenters. The minimum absolute atomic E-state index is 0.0644. The molecule has 3 N–H and O–H groups in total. The Morgan fingerprint density at radius 1 is 1.14 bits per heavy atom. The summed E-state index contributed by atoms with van der Waals surface area (Å²) in [4.78, 5) is 38.6. The zero-order valence-electron chi connectivity index (χ0n) is 11.9. The van der Waals surface area contributed by atoms with Gasteiger partial charge in [-0.3, -0.25) is 14.6 Å². The Balaban J connectivity index is 2.04. The van der Waals surface area contributed by atoms with Gasteiger partial charge in [-0.2, -0.15) is 0 Å². The van der Waals surface area contributed by atoms with Crippen molar-refractivity contribution < 1.29 is 4.79 Å². The molecular weight excluding hydrogens is 270 g/mol. The molecule has 21 heavy (non-hydrogen) atoms. The molecule has 1 heterocycles. The number of nitrogens with one attached hydrogen (secondary N) is 3. The molecule has 0 spiro atoms. The zero-order valence-corrected chi connectivity index (χ0v) is 11.9. The van der Waals surface area contributed by atoms with Crippen LogP contribution in [0.5, 0.6) is 0 Å². The minimum Gasteiger partial charge on any atom is -0.326 e. The second-order valence-electron chi connectivity index (χ2n) is 5.11. The monoisotopic (exact) mass is 287 g/mol. The Labute approximate surface area is 121 Å². The van der Waals surface area contributed by atoms with Crippen molar-refractivity contribution in [1.82, 2.24) is 9.97 Å². The Kier molecular flexibility index (Phi) is 4.37. The molecule has 0 saturated carbocycles. The maximum atomic E-state index is 11.9. The van der Waals surface area contributed by atoms with Crippen LogP contribution in [0.4, 0.5) is 5.69 Å². The maximum absolute atomic E-state index is 11.9. The van der Waals surface area contributed by atoms with E-state index in [2.05, 4.69) is 29.1 Å². The van der Waals surface area contributed by atoms with Crippen molar-refractivity contribution in [2.24, 2.45) is 0 Å². The summed E-state index contributed by atoms with van der Waals surface area (Å²) >= 11 is 0. The maximum Gasteiger partial charge on any atom is 0.325 e. The van der Waals surface area contributed by atoms with Gasteiger partial charge in [0.05, 0.1) is 6.42 Å². The van der Waals surface area contributed by atoms with Crippen molar-refractivity contribution in [2.45, 2.75) is 26.2 Å². The number of rotatable bonds is 4. The predicted molar refractivity (Wildman–Crippen MR) is 80.5 cm³/mol. The molecule has 110 valence electrons. The average molecular weight is 287 g/mol. The molecule has 6 heteroatoms. The minimum atomic E-state index is -0.619. The molecule has 1 aromatic heterocycles. The second-order valence-corrected chi connectivity index (χ2v) is 5.11. The van der Waals surface area contributed by atoms with E-state index in [0.717, 1.165) is 0 Å². The fourth-order valence-electron chi connectivity index (χ4n) is 1.94. The molecule has 0 aliphatic carbocycles. The van der Waals surface area contributed by atoms with Gasteiger partial charge < -0.3 is 10.3 Å². The van der Waals surface area contributed by atoms with Gasteiger partial charge in [-0.15, -0.1) is 0 Å². The zero-order chi connectivity index (χ0) is 15.4. The summed E-state index contributed by atoms with van der Waals surface area (Å²) < 4.78 is 0. The van der Waals surface area contributed by atoms with Gasteiger partial charge in [0.1, 0.15) is 0 Å². The highest BCUT2D eigenvalue weighted by Gasteiger charge is 2.06. The highest BCUT2D eigenvalue weighted by Crippen LogP contribution is 2.17. The second kappa shape index (κ2) is 6.21. The lowest BCUT2D eigenvalue weighted by atomic mass is 10.0. The fourth-order valence-corrected chi connectivity index (χ4v) is 1.94. The van der Waals surface area contributed by atoms with E-state index < -0.39 is 11.2 Å². The molecule has 0 saturated heterocycles. The van der Waals surface area contributed by atoms with E-state index in [1.807, 2.05) is 24.3 Å². The normalized spacial score (nSPS) is 10.6. The molecule has 0 aliphatic rings. The van der Waals surface area contributed by atoms with E-state index in [9.17, 15) is 14.4 Å². The average Bonchev–Trinajstić information content (AvgIpc) is 2.37. The number of benzene rings is 1. The molecule has 0 radical (unpaired) electrons. The molecule has 1 amide bonds. The van der Waals surface area contributed by atoms with Crippen molar-refractivity contribution in [2.75, 3.05) is 5.32 Å². The quantitative estimate of drug-likeness (QED) is 0.792. The molecule has 0 aliphatic heterocycles. The lowest BCUT2D eigenvalue weighted by molar-refractivity contribution is -0.115. The fraction of sp³-hybridized carbons (Fsp3) is 0.267. The number of aromatic amines is 2. The summed E-state index contributed by atoms with van der Waals surface area (Å²) in [7, 11) is 0. The molecule has 0 fully saturated rings. The highest BCUT2D eigenvalue weighted by atomic mass is 16.2. The number of H-pyrrole nitrogens is 2.